The van der Waals surface area contributed by atoms with Crippen molar-refractivity contribution in [2.75, 3.05) is 0 Å². The number of rotatable bonds is 1. The van der Waals surface area contributed by atoms with E-state index in [4.69, 9.17) is 0 Å². The topological polar surface area (TPSA) is 0 Å². The van der Waals surface area contributed by atoms with E-state index in [9.17, 15) is 0 Å². The summed E-state index contributed by atoms with van der Waals surface area (Å²) in [5.74, 6) is 1.54. The highest BCUT2D eigenvalue weighted by molar-refractivity contribution is 5.42. The normalized spacial score (nSPS) is 20.5. The van der Waals surface area contributed by atoms with E-state index < -0.39 is 0 Å². The van der Waals surface area contributed by atoms with E-state index >= 15 is 0 Å². The number of hydrogen-bond acceptors (Lipinski definition) is 0. The van der Waals surface area contributed by atoms with Crippen molar-refractivity contribution in [1.82, 2.24) is 0 Å². The maximum atomic E-state index is 2.40. The Labute approximate surface area is 93.7 Å². The van der Waals surface area contributed by atoms with Gasteiger partial charge >= 0.3 is 0 Å². The Hall–Kier alpha value is -0.780. The first-order valence-electron chi connectivity index (χ1n) is 6.20. The Morgan fingerprint density at radius 1 is 1.27 bits per heavy atom. The summed E-state index contributed by atoms with van der Waals surface area (Å²) in [6, 6.07) is 4.79. The lowest BCUT2D eigenvalue weighted by Crippen LogP contribution is -2.14. The average Bonchev–Trinajstić information content (AvgIpc) is 2.17. The van der Waals surface area contributed by atoms with Crippen molar-refractivity contribution in [3.05, 3.63) is 34.4 Å². The molecule has 82 valence electrons. The molecule has 15 heavy (non-hydrogen) atoms. The van der Waals surface area contributed by atoms with Crippen LogP contribution < -0.4 is 0 Å². The molecule has 2 rings (SSSR count). The molecular formula is C15H22. The average molecular weight is 202 g/mol. The molecule has 0 heterocycles. The van der Waals surface area contributed by atoms with Gasteiger partial charge in [0.05, 0.1) is 0 Å². The van der Waals surface area contributed by atoms with E-state index in [2.05, 4.69) is 39.8 Å². The first kappa shape index (κ1) is 10.7. The Bertz CT molecular complexity index is 361. The van der Waals surface area contributed by atoms with Crippen LogP contribution in [0.3, 0.4) is 0 Å². The summed E-state index contributed by atoms with van der Waals surface area (Å²) in [6.07, 6.45) is 3.95. The molecule has 1 aliphatic rings. The van der Waals surface area contributed by atoms with Gasteiger partial charge in [-0.05, 0) is 54.7 Å². The summed E-state index contributed by atoms with van der Waals surface area (Å²) in [4.78, 5) is 0. The minimum Gasteiger partial charge on any atom is -0.0622 e. The molecule has 0 aromatic heterocycles. The Balaban J connectivity index is 2.50. The highest BCUT2D eigenvalue weighted by Gasteiger charge is 2.19. The predicted molar refractivity (Wildman–Crippen MR) is 66.5 cm³/mol. The molecule has 0 heteroatoms. The van der Waals surface area contributed by atoms with Crippen LogP contribution in [0.15, 0.2) is 12.1 Å². The van der Waals surface area contributed by atoms with E-state index in [-0.39, 0.29) is 0 Å². The fourth-order valence-electron chi connectivity index (χ4n) is 2.76. The summed E-state index contributed by atoms with van der Waals surface area (Å²) in [5.41, 5.74) is 6.31. The predicted octanol–water partition coefficient (Wildman–Crippen LogP) is 4.24. The highest BCUT2D eigenvalue weighted by atomic mass is 14.2. The first-order chi connectivity index (χ1) is 7.08. The van der Waals surface area contributed by atoms with Crippen LogP contribution >= 0.6 is 0 Å². The molecule has 1 unspecified atom stereocenters. The number of fused-ring (bicyclic) bond motifs is 1. The van der Waals surface area contributed by atoms with Gasteiger partial charge in [0.15, 0.2) is 0 Å². The second kappa shape index (κ2) is 4.00. The summed E-state index contributed by atoms with van der Waals surface area (Å²) < 4.78 is 0. The zero-order chi connectivity index (χ0) is 11.0. The van der Waals surface area contributed by atoms with E-state index in [1.54, 1.807) is 16.7 Å². The molecule has 0 amide bonds. The lowest BCUT2D eigenvalue weighted by Gasteiger charge is -2.26. The molecule has 0 spiro atoms. The minimum atomic E-state index is 0.670. The third-order valence-electron chi connectivity index (χ3n) is 3.60. The van der Waals surface area contributed by atoms with Gasteiger partial charge in [0, 0.05) is 0 Å². The van der Waals surface area contributed by atoms with Gasteiger partial charge in [-0.15, -0.1) is 0 Å². The maximum absolute atomic E-state index is 2.40. The van der Waals surface area contributed by atoms with Crippen molar-refractivity contribution in [1.29, 1.82) is 0 Å². The monoisotopic (exact) mass is 202 g/mol. The molecule has 1 atom stereocenters. The van der Waals surface area contributed by atoms with Gasteiger partial charge in [-0.1, -0.05) is 38.5 Å². The van der Waals surface area contributed by atoms with Crippen molar-refractivity contribution in [2.45, 2.75) is 52.9 Å². The van der Waals surface area contributed by atoms with Crippen molar-refractivity contribution < 1.29 is 0 Å². The smallest absolute Gasteiger partial charge is 0.0216 e. The highest BCUT2D eigenvalue weighted by Crippen LogP contribution is 2.32. The van der Waals surface area contributed by atoms with Crippen LogP contribution in [0.4, 0.5) is 0 Å². The van der Waals surface area contributed by atoms with E-state index in [1.807, 2.05) is 0 Å². The van der Waals surface area contributed by atoms with Crippen LogP contribution in [0.25, 0.3) is 0 Å². The van der Waals surface area contributed by atoms with Crippen LogP contribution in [0, 0.1) is 12.8 Å². The molecule has 0 saturated carbocycles. The molecule has 1 aliphatic carbocycles. The minimum absolute atomic E-state index is 0.670. The molecule has 1 aromatic carbocycles. The Morgan fingerprint density at radius 3 is 2.67 bits per heavy atom. The van der Waals surface area contributed by atoms with Crippen LogP contribution in [0.2, 0.25) is 0 Å². The van der Waals surface area contributed by atoms with E-state index in [0.717, 1.165) is 5.92 Å². The third kappa shape index (κ3) is 2.09. The standard InChI is InChI=1S/C15H22/c1-10(2)14-9-12(4)7-13-6-5-11(3)8-15(13)14/h7,9-11H,5-6,8H2,1-4H3. The van der Waals surface area contributed by atoms with Crippen molar-refractivity contribution >= 4 is 0 Å². The zero-order valence-electron chi connectivity index (χ0n) is 10.4. The maximum Gasteiger partial charge on any atom is -0.0216 e. The van der Waals surface area contributed by atoms with Crippen LogP contribution in [0.5, 0.6) is 0 Å². The molecule has 0 bridgehead atoms. The van der Waals surface area contributed by atoms with Crippen LogP contribution in [-0.2, 0) is 12.8 Å². The lowest BCUT2D eigenvalue weighted by molar-refractivity contribution is 0.496. The fourth-order valence-corrected chi connectivity index (χ4v) is 2.76. The zero-order valence-corrected chi connectivity index (χ0v) is 10.4. The molecule has 1 aromatic rings. The van der Waals surface area contributed by atoms with Gasteiger partial charge in [0.2, 0.25) is 0 Å². The second-order valence-corrected chi connectivity index (χ2v) is 5.49. The van der Waals surface area contributed by atoms with Crippen LogP contribution in [-0.4, -0.2) is 0 Å². The second-order valence-electron chi connectivity index (χ2n) is 5.49. The Kier molecular flexibility index (Phi) is 2.86. The largest absolute Gasteiger partial charge is 0.0622 e. The molecule has 0 radical (unpaired) electrons. The SMILES string of the molecule is Cc1cc2c(c(C(C)C)c1)CC(C)CC2. The molecule has 0 N–H and O–H groups in total. The van der Waals surface area contributed by atoms with Crippen molar-refractivity contribution in [2.24, 2.45) is 5.92 Å². The Morgan fingerprint density at radius 2 is 2.00 bits per heavy atom. The summed E-state index contributed by atoms with van der Waals surface area (Å²) in [6.45, 7) is 9.24. The van der Waals surface area contributed by atoms with Gasteiger partial charge in [-0.2, -0.15) is 0 Å². The lowest BCUT2D eigenvalue weighted by atomic mass is 9.79. The summed E-state index contributed by atoms with van der Waals surface area (Å²) >= 11 is 0. The van der Waals surface area contributed by atoms with Gasteiger partial charge in [-0.3, -0.25) is 0 Å². The third-order valence-corrected chi connectivity index (χ3v) is 3.60. The molecular weight excluding hydrogens is 180 g/mol. The van der Waals surface area contributed by atoms with Crippen LogP contribution in [0.1, 0.15) is 55.4 Å². The van der Waals surface area contributed by atoms with Gasteiger partial charge in [-0.25, -0.2) is 0 Å². The quantitative estimate of drug-likeness (QED) is 0.639. The van der Waals surface area contributed by atoms with Crippen molar-refractivity contribution in [3.63, 3.8) is 0 Å². The van der Waals surface area contributed by atoms with Gasteiger partial charge in [0.1, 0.15) is 0 Å². The summed E-state index contributed by atoms with van der Waals surface area (Å²) in [7, 11) is 0. The summed E-state index contributed by atoms with van der Waals surface area (Å²) in [5, 5.41) is 0. The van der Waals surface area contributed by atoms with E-state index in [0.29, 0.717) is 5.92 Å². The molecule has 0 saturated heterocycles. The van der Waals surface area contributed by atoms with Gasteiger partial charge < -0.3 is 0 Å². The number of hydrogen-bond donors (Lipinski definition) is 0. The first-order valence-corrected chi connectivity index (χ1v) is 6.20. The van der Waals surface area contributed by atoms with E-state index in [1.165, 1.54) is 24.8 Å². The molecule has 0 aliphatic heterocycles. The fraction of sp³-hybridized carbons (Fsp3) is 0.600. The van der Waals surface area contributed by atoms with Gasteiger partial charge in [0.25, 0.3) is 0 Å². The molecule has 0 nitrogen and oxygen atoms in total. The number of aryl methyl sites for hydroxylation is 2. The number of benzene rings is 1. The van der Waals surface area contributed by atoms with Crippen molar-refractivity contribution in [3.8, 4) is 0 Å². The molecule has 0 fully saturated rings.